The predicted molar refractivity (Wildman–Crippen MR) is 151 cm³/mol. The minimum absolute atomic E-state index is 0.118. The zero-order valence-corrected chi connectivity index (χ0v) is 23.9. The van der Waals surface area contributed by atoms with Crippen molar-refractivity contribution in [2.24, 2.45) is 0 Å². The van der Waals surface area contributed by atoms with Gasteiger partial charge in [-0.15, -0.1) is 0 Å². The van der Waals surface area contributed by atoms with Gasteiger partial charge in [-0.05, 0) is 57.4 Å². The molecule has 0 aliphatic heterocycles. The zero-order valence-electron chi connectivity index (χ0n) is 23.9. The fourth-order valence-electron chi connectivity index (χ4n) is 3.70. The van der Waals surface area contributed by atoms with Crippen molar-refractivity contribution in [3.8, 4) is 5.75 Å². The van der Waals surface area contributed by atoms with Gasteiger partial charge in [0, 0.05) is 6.42 Å². The van der Waals surface area contributed by atoms with Crippen LogP contribution in [0.4, 0.5) is 4.79 Å². The van der Waals surface area contributed by atoms with Gasteiger partial charge < -0.3 is 30.5 Å². The summed E-state index contributed by atoms with van der Waals surface area (Å²) in [5, 5.41) is 17.0. The Kier molecular flexibility index (Phi) is 12.4. The number of carboxylic acid groups (broad SMARTS) is 1. The number of carboxylic acids is 1. The number of benzene rings is 2. The summed E-state index contributed by atoms with van der Waals surface area (Å²) in [7, 11) is 0. The number of ether oxygens (including phenoxy) is 2. The number of aliphatic carboxylic acids is 1. The van der Waals surface area contributed by atoms with Gasteiger partial charge in [0.1, 0.15) is 36.1 Å². The van der Waals surface area contributed by atoms with Gasteiger partial charge >= 0.3 is 12.1 Å². The van der Waals surface area contributed by atoms with Gasteiger partial charge in [-0.1, -0.05) is 62.2 Å². The van der Waals surface area contributed by atoms with Gasteiger partial charge in [0.15, 0.2) is 0 Å². The van der Waals surface area contributed by atoms with Crippen LogP contribution in [0.5, 0.6) is 5.75 Å². The molecule has 0 radical (unpaired) electrons. The Morgan fingerprint density at radius 3 is 2.08 bits per heavy atom. The maximum Gasteiger partial charge on any atom is 0.408 e. The van der Waals surface area contributed by atoms with Crippen molar-refractivity contribution in [2.75, 3.05) is 0 Å². The summed E-state index contributed by atoms with van der Waals surface area (Å²) < 4.78 is 11.1. The van der Waals surface area contributed by atoms with E-state index in [-0.39, 0.29) is 12.8 Å². The highest BCUT2D eigenvalue weighted by molar-refractivity contribution is 5.92. The van der Waals surface area contributed by atoms with Crippen LogP contribution in [-0.2, 0) is 32.1 Å². The second kappa shape index (κ2) is 15.5. The van der Waals surface area contributed by atoms with E-state index in [4.69, 9.17) is 9.47 Å². The molecule has 4 N–H and O–H groups in total. The number of alkyl carbamates (subject to hydrolysis) is 1. The molecule has 3 amide bonds. The molecule has 40 heavy (non-hydrogen) atoms. The third-order valence-corrected chi connectivity index (χ3v) is 5.83. The standard InChI is InChI=1S/C30H41N3O7/c1-6-7-13-24(28(36)37)32-26(34)20(2)31-27(35)25(33-29(38)40-30(3,4)5)18-21-14-16-23(17-15-21)39-19-22-11-9-8-10-12-22/h8-12,14-17,20,24-25H,6-7,13,18-19H2,1-5H3,(H,31,35)(H,32,34)(H,33,38)(H,36,37). The molecule has 0 bridgehead atoms. The van der Waals surface area contributed by atoms with Gasteiger partial charge in [0.25, 0.3) is 0 Å². The number of carbonyl (C=O) groups excluding carboxylic acids is 3. The first kappa shape index (κ1) is 32.1. The SMILES string of the molecule is CCCCC(NC(=O)C(C)NC(=O)C(Cc1ccc(OCc2ccccc2)cc1)NC(=O)OC(C)(C)C)C(=O)O. The molecule has 10 nitrogen and oxygen atoms in total. The minimum atomic E-state index is -1.14. The Labute approximate surface area is 235 Å². The van der Waals surface area contributed by atoms with Crippen LogP contribution in [0, 0.1) is 0 Å². The average molecular weight is 556 g/mol. The highest BCUT2D eigenvalue weighted by Crippen LogP contribution is 2.16. The third-order valence-electron chi connectivity index (χ3n) is 5.83. The number of nitrogens with one attached hydrogen (secondary N) is 3. The fraction of sp³-hybridized carbons (Fsp3) is 0.467. The van der Waals surface area contributed by atoms with E-state index < -0.39 is 47.6 Å². The highest BCUT2D eigenvalue weighted by Gasteiger charge is 2.28. The summed E-state index contributed by atoms with van der Waals surface area (Å²) >= 11 is 0. The molecular weight excluding hydrogens is 514 g/mol. The predicted octanol–water partition coefficient (Wildman–Crippen LogP) is 3.97. The highest BCUT2D eigenvalue weighted by atomic mass is 16.6. The molecule has 3 atom stereocenters. The first-order chi connectivity index (χ1) is 18.9. The monoisotopic (exact) mass is 555 g/mol. The average Bonchev–Trinajstić information content (AvgIpc) is 2.89. The van der Waals surface area contributed by atoms with E-state index in [1.165, 1.54) is 6.92 Å². The van der Waals surface area contributed by atoms with E-state index >= 15 is 0 Å². The Morgan fingerprint density at radius 2 is 1.50 bits per heavy atom. The Bertz CT molecular complexity index is 1110. The largest absolute Gasteiger partial charge is 0.489 e. The fourth-order valence-corrected chi connectivity index (χ4v) is 3.70. The molecule has 2 aromatic carbocycles. The van der Waals surface area contributed by atoms with Crippen LogP contribution in [0.25, 0.3) is 0 Å². The molecule has 0 aliphatic carbocycles. The molecule has 0 saturated carbocycles. The van der Waals surface area contributed by atoms with E-state index in [0.29, 0.717) is 18.8 Å². The topological polar surface area (TPSA) is 143 Å². The first-order valence-electron chi connectivity index (χ1n) is 13.5. The molecule has 0 aromatic heterocycles. The van der Waals surface area contributed by atoms with E-state index in [0.717, 1.165) is 17.5 Å². The van der Waals surface area contributed by atoms with Gasteiger partial charge in [0.05, 0.1) is 0 Å². The van der Waals surface area contributed by atoms with Crippen molar-refractivity contribution in [1.82, 2.24) is 16.0 Å². The number of rotatable bonds is 14. The van der Waals surface area contributed by atoms with E-state index in [9.17, 15) is 24.3 Å². The summed E-state index contributed by atoms with van der Waals surface area (Å²) in [6.07, 6.45) is 1.04. The Hall–Kier alpha value is -4.08. The van der Waals surface area contributed by atoms with Crippen LogP contribution in [-0.4, -0.2) is 52.7 Å². The Balaban J connectivity index is 2.08. The molecule has 3 unspecified atom stereocenters. The van der Waals surface area contributed by atoms with Crippen molar-refractivity contribution in [1.29, 1.82) is 0 Å². The maximum atomic E-state index is 13.2. The number of hydrogen-bond acceptors (Lipinski definition) is 6. The molecule has 0 heterocycles. The van der Waals surface area contributed by atoms with Crippen LogP contribution in [0.1, 0.15) is 65.0 Å². The zero-order chi connectivity index (χ0) is 29.7. The van der Waals surface area contributed by atoms with Gasteiger partial charge in [0.2, 0.25) is 11.8 Å². The lowest BCUT2D eigenvalue weighted by atomic mass is 10.0. The quantitative estimate of drug-likeness (QED) is 0.276. The van der Waals surface area contributed by atoms with E-state index in [2.05, 4.69) is 16.0 Å². The molecule has 0 aliphatic rings. The lowest BCUT2D eigenvalue weighted by molar-refractivity contribution is -0.142. The lowest BCUT2D eigenvalue weighted by Gasteiger charge is -2.25. The molecule has 2 rings (SSSR count). The normalized spacial score (nSPS) is 13.3. The number of unbranched alkanes of at least 4 members (excludes halogenated alkanes) is 1. The maximum absolute atomic E-state index is 13.2. The summed E-state index contributed by atoms with van der Waals surface area (Å²) in [4.78, 5) is 49.8. The van der Waals surface area contributed by atoms with Gasteiger partial charge in [-0.3, -0.25) is 9.59 Å². The number of amides is 3. The molecule has 0 fully saturated rings. The summed E-state index contributed by atoms with van der Waals surface area (Å²) in [6, 6.07) is 13.7. The summed E-state index contributed by atoms with van der Waals surface area (Å²) in [6.45, 7) is 8.91. The van der Waals surface area contributed by atoms with Crippen molar-refractivity contribution in [3.63, 3.8) is 0 Å². The molecule has 0 spiro atoms. The van der Waals surface area contributed by atoms with Crippen LogP contribution in [0.15, 0.2) is 54.6 Å². The summed E-state index contributed by atoms with van der Waals surface area (Å²) in [5.74, 6) is -1.73. The molecule has 0 saturated heterocycles. The van der Waals surface area contributed by atoms with Crippen molar-refractivity contribution < 1.29 is 33.8 Å². The van der Waals surface area contributed by atoms with Crippen molar-refractivity contribution in [2.45, 2.75) is 90.6 Å². The molecular formula is C30H41N3O7. The van der Waals surface area contributed by atoms with Crippen LogP contribution >= 0.6 is 0 Å². The van der Waals surface area contributed by atoms with Crippen LogP contribution in [0.2, 0.25) is 0 Å². The third kappa shape index (κ3) is 11.8. The van der Waals surface area contributed by atoms with Crippen molar-refractivity contribution >= 4 is 23.9 Å². The van der Waals surface area contributed by atoms with E-state index in [1.54, 1.807) is 45.0 Å². The molecule has 10 heteroatoms. The van der Waals surface area contributed by atoms with Gasteiger partial charge in [-0.2, -0.15) is 0 Å². The smallest absolute Gasteiger partial charge is 0.408 e. The van der Waals surface area contributed by atoms with Crippen LogP contribution in [0.3, 0.4) is 0 Å². The first-order valence-corrected chi connectivity index (χ1v) is 13.5. The van der Waals surface area contributed by atoms with Gasteiger partial charge in [-0.25, -0.2) is 9.59 Å². The molecule has 218 valence electrons. The number of hydrogen-bond donors (Lipinski definition) is 4. The second-order valence-electron chi connectivity index (χ2n) is 10.6. The minimum Gasteiger partial charge on any atom is -0.489 e. The van der Waals surface area contributed by atoms with E-state index in [1.807, 2.05) is 37.3 Å². The molecule has 2 aromatic rings. The summed E-state index contributed by atoms with van der Waals surface area (Å²) in [5.41, 5.74) is 0.995. The number of carbonyl (C=O) groups is 4. The van der Waals surface area contributed by atoms with Crippen LogP contribution < -0.4 is 20.7 Å². The Morgan fingerprint density at radius 1 is 0.850 bits per heavy atom. The second-order valence-corrected chi connectivity index (χ2v) is 10.6. The lowest BCUT2D eigenvalue weighted by Crippen LogP contribution is -2.55. The van der Waals surface area contributed by atoms with Crippen molar-refractivity contribution in [3.05, 3.63) is 65.7 Å².